The topological polar surface area (TPSA) is 103 Å². The van der Waals surface area contributed by atoms with Gasteiger partial charge in [-0.1, -0.05) is 11.6 Å². The van der Waals surface area contributed by atoms with Crippen LogP contribution >= 0.6 is 11.6 Å². The lowest BCUT2D eigenvalue weighted by molar-refractivity contribution is -0.117. The number of hydrogen-bond acceptors (Lipinski definition) is 4. The number of sulfone groups is 1. The lowest BCUT2D eigenvalue weighted by Crippen LogP contribution is -2.33. The van der Waals surface area contributed by atoms with E-state index < -0.39 is 21.0 Å². The quantitative estimate of drug-likeness (QED) is 0.777. The molecule has 1 aromatic carbocycles. The van der Waals surface area contributed by atoms with Crippen molar-refractivity contribution in [1.82, 2.24) is 0 Å². The first-order valence-corrected chi connectivity index (χ1v) is 6.27. The molecule has 1 amide bonds. The van der Waals surface area contributed by atoms with Crippen LogP contribution in [0.4, 0.5) is 5.69 Å². The highest BCUT2D eigenvalue weighted by atomic mass is 35.5. The summed E-state index contributed by atoms with van der Waals surface area (Å²) < 4.78 is 23.8. The molecule has 0 aromatic heterocycles. The molecule has 0 spiro atoms. The number of carbonyl (C=O) groups excluding carboxylic acids is 1. The van der Waals surface area contributed by atoms with Crippen molar-refractivity contribution in [2.75, 3.05) is 5.73 Å². The fraction of sp³-hybridized carbons (Fsp3) is 0.222. The number of primary amides is 1. The maximum absolute atomic E-state index is 11.9. The Labute approximate surface area is 98.3 Å². The van der Waals surface area contributed by atoms with Gasteiger partial charge in [0.1, 0.15) is 5.25 Å². The largest absolute Gasteiger partial charge is 0.399 e. The number of halogens is 1. The van der Waals surface area contributed by atoms with Gasteiger partial charge in [-0.3, -0.25) is 4.79 Å². The van der Waals surface area contributed by atoms with Gasteiger partial charge in [0, 0.05) is 5.69 Å². The molecule has 0 aliphatic heterocycles. The highest BCUT2D eigenvalue weighted by Gasteiger charge is 2.29. The van der Waals surface area contributed by atoms with E-state index in [1.54, 1.807) is 0 Å². The summed E-state index contributed by atoms with van der Waals surface area (Å²) in [6.45, 7) is 1.21. The minimum absolute atomic E-state index is 0.0203. The molecule has 0 saturated heterocycles. The molecule has 0 saturated carbocycles. The third-order valence-corrected chi connectivity index (χ3v) is 4.69. The monoisotopic (exact) mass is 262 g/mol. The molecule has 0 heterocycles. The molecule has 5 nitrogen and oxygen atoms in total. The molecule has 1 aromatic rings. The summed E-state index contributed by atoms with van der Waals surface area (Å²) in [5.41, 5.74) is 10.7. The Kier molecular flexibility index (Phi) is 3.44. The van der Waals surface area contributed by atoms with E-state index in [2.05, 4.69) is 0 Å². The van der Waals surface area contributed by atoms with Gasteiger partial charge in [-0.05, 0) is 25.1 Å². The maximum Gasteiger partial charge on any atom is 0.235 e. The van der Waals surface area contributed by atoms with Crippen molar-refractivity contribution in [1.29, 1.82) is 0 Å². The number of benzene rings is 1. The van der Waals surface area contributed by atoms with E-state index >= 15 is 0 Å². The van der Waals surface area contributed by atoms with Gasteiger partial charge >= 0.3 is 0 Å². The second-order valence-corrected chi connectivity index (χ2v) is 5.92. The number of nitrogens with two attached hydrogens (primary N) is 2. The average Bonchev–Trinajstić information content (AvgIpc) is 2.15. The van der Waals surface area contributed by atoms with Crippen LogP contribution in [0.1, 0.15) is 6.92 Å². The molecule has 4 N–H and O–H groups in total. The van der Waals surface area contributed by atoms with Gasteiger partial charge < -0.3 is 11.5 Å². The van der Waals surface area contributed by atoms with Crippen LogP contribution in [0.3, 0.4) is 0 Å². The van der Waals surface area contributed by atoms with Crippen molar-refractivity contribution in [3.05, 3.63) is 23.2 Å². The molecule has 88 valence electrons. The molecule has 7 heteroatoms. The molecule has 0 bridgehead atoms. The fourth-order valence-electron chi connectivity index (χ4n) is 1.09. The number of nitrogen functional groups attached to an aromatic ring is 1. The van der Waals surface area contributed by atoms with Crippen LogP contribution in [0.15, 0.2) is 23.1 Å². The van der Waals surface area contributed by atoms with Gasteiger partial charge in [-0.25, -0.2) is 8.42 Å². The predicted molar refractivity (Wildman–Crippen MR) is 61.7 cm³/mol. The molecule has 1 atom stereocenters. The fourth-order valence-corrected chi connectivity index (χ4v) is 2.88. The molecule has 1 unspecified atom stereocenters. The van der Waals surface area contributed by atoms with E-state index in [1.165, 1.54) is 25.1 Å². The average molecular weight is 263 g/mol. The number of anilines is 1. The van der Waals surface area contributed by atoms with Crippen molar-refractivity contribution in [2.24, 2.45) is 5.73 Å². The molecular formula is C9H11ClN2O3S. The predicted octanol–water partition coefficient (Wildman–Crippen LogP) is 0.570. The van der Waals surface area contributed by atoms with Gasteiger partial charge in [0.25, 0.3) is 0 Å². The van der Waals surface area contributed by atoms with Crippen LogP contribution in [-0.4, -0.2) is 19.6 Å². The van der Waals surface area contributed by atoms with E-state index in [0.29, 0.717) is 5.69 Å². The third kappa shape index (κ3) is 2.28. The van der Waals surface area contributed by atoms with Crippen molar-refractivity contribution in [3.8, 4) is 0 Å². The Morgan fingerprint density at radius 2 is 2.00 bits per heavy atom. The molecule has 16 heavy (non-hydrogen) atoms. The number of amides is 1. The number of carbonyl (C=O) groups is 1. The van der Waals surface area contributed by atoms with Gasteiger partial charge in [0.15, 0.2) is 9.84 Å². The molecule has 1 rings (SSSR count). The zero-order valence-electron chi connectivity index (χ0n) is 8.48. The summed E-state index contributed by atoms with van der Waals surface area (Å²) in [5.74, 6) is -0.923. The van der Waals surface area contributed by atoms with E-state index in [1.807, 2.05) is 0 Å². The Morgan fingerprint density at radius 1 is 1.44 bits per heavy atom. The molecule has 0 aliphatic rings. The van der Waals surface area contributed by atoms with Crippen LogP contribution < -0.4 is 11.5 Å². The summed E-state index contributed by atoms with van der Waals surface area (Å²) >= 11 is 5.75. The van der Waals surface area contributed by atoms with E-state index in [0.717, 1.165) is 0 Å². The highest BCUT2D eigenvalue weighted by molar-refractivity contribution is 7.92. The lowest BCUT2D eigenvalue weighted by Gasteiger charge is -2.11. The Hall–Kier alpha value is -1.27. The highest BCUT2D eigenvalue weighted by Crippen LogP contribution is 2.26. The van der Waals surface area contributed by atoms with Crippen LogP contribution in [0, 0.1) is 0 Å². The number of hydrogen-bond donors (Lipinski definition) is 2. The zero-order valence-corrected chi connectivity index (χ0v) is 10.0. The van der Waals surface area contributed by atoms with Crippen molar-refractivity contribution in [3.63, 3.8) is 0 Å². The van der Waals surface area contributed by atoms with Crippen LogP contribution in [0.2, 0.25) is 5.02 Å². The van der Waals surface area contributed by atoms with Crippen molar-refractivity contribution >= 4 is 33.0 Å². The Balaban J connectivity index is 3.33. The lowest BCUT2D eigenvalue weighted by atomic mass is 10.3. The summed E-state index contributed by atoms with van der Waals surface area (Å²) in [7, 11) is -3.85. The first-order chi connectivity index (χ1) is 7.26. The van der Waals surface area contributed by atoms with E-state index in [-0.39, 0.29) is 9.92 Å². The van der Waals surface area contributed by atoms with Gasteiger partial charge in [-0.15, -0.1) is 0 Å². The van der Waals surface area contributed by atoms with Crippen molar-refractivity contribution in [2.45, 2.75) is 17.1 Å². The van der Waals surface area contributed by atoms with Crippen molar-refractivity contribution < 1.29 is 13.2 Å². The second-order valence-electron chi connectivity index (χ2n) is 3.28. The van der Waals surface area contributed by atoms with Gasteiger partial charge in [0.05, 0.1) is 9.92 Å². The molecular weight excluding hydrogens is 252 g/mol. The SMILES string of the molecule is CC(C(N)=O)S(=O)(=O)c1ccc(N)cc1Cl. The third-order valence-electron chi connectivity index (χ3n) is 2.13. The first kappa shape index (κ1) is 12.8. The smallest absolute Gasteiger partial charge is 0.235 e. The van der Waals surface area contributed by atoms with Crippen LogP contribution in [0.5, 0.6) is 0 Å². The van der Waals surface area contributed by atoms with Crippen LogP contribution in [0.25, 0.3) is 0 Å². The zero-order chi connectivity index (χ0) is 12.5. The summed E-state index contributed by atoms with van der Waals surface area (Å²) in [6, 6.07) is 3.96. The first-order valence-electron chi connectivity index (χ1n) is 4.35. The molecule has 0 radical (unpaired) electrons. The van der Waals surface area contributed by atoms with Gasteiger partial charge in [0.2, 0.25) is 5.91 Å². The summed E-state index contributed by atoms with van der Waals surface area (Å²) in [6.07, 6.45) is 0. The van der Waals surface area contributed by atoms with Crippen LogP contribution in [-0.2, 0) is 14.6 Å². The van der Waals surface area contributed by atoms with Gasteiger partial charge in [-0.2, -0.15) is 0 Å². The number of rotatable bonds is 3. The summed E-state index contributed by atoms with van der Waals surface area (Å²) in [5, 5.41) is -1.35. The Morgan fingerprint density at radius 3 is 2.44 bits per heavy atom. The van der Waals surface area contributed by atoms with E-state index in [4.69, 9.17) is 23.1 Å². The minimum Gasteiger partial charge on any atom is -0.399 e. The normalized spacial score (nSPS) is 13.4. The maximum atomic E-state index is 11.9. The summed E-state index contributed by atoms with van der Waals surface area (Å²) in [4.78, 5) is 10.7. The standard InChI is InChI=1S/C9H11ClN2O3S/c1-5(9(12)13)16(14,15)8-3-2-6(11)4-7(8)10/h2-5H,11H2,1H3,(H2,12,13). The second kappa shape index (κ2) is 4.31. The molecule has 0 aliphatic carbocycles. The molecule has 0 fully saturated rings. The minimum atomic E-state index is -3.85. The van der Waals surface area contributed by atoms with E-state index in [9.17, 15) is 13.2 Å². The Bertz CT molecular complexity index is 528.